The van der Waals surface area contributed by atoms with Gasteiger partial charge in [0.2, 0.25) is 5.91 Å². The van der Waals surface area contributed by atoms with Crippen LogP contribution in [0.1, 0.15) is 96.0 Å². The molecule has 1 aromatic rings. The van der Waals surface area contributed by atoms with Crippen molar-refractivity contribution in [1.82, 2.24) is 5.32 Å². The number of phenols is 2. The summed E-state index contributed by atoms with van der Waals surface area (Å²) in [5, 5.41) is 21.6. The highest BCUT2D eigenvalue weighted by Crippen LogP contribution is 2.25. The molecule has 1 amide bonds. The molecule has 4 heteroatoms. The van der Waals surface area contributed by atoms with E-state index in [9.17, 15) is 15.0 Å². The second-order valence-electron chi connectivity index (χ2n) is 7.62. The van der Waals surface area contributed by atoms with Crippen LogP contribution in [0.15, 0.2) is 24.3 Å². The molecule has 1 rings (SSSR count). The van der Waals surface area contributed by atoms with Crippen LogP contribution in [0, 0.1) is 0 Å². The van der Waals surface area contributed by atoms with Gasteiger partial charge in [-0.2, -0.15) is 0 Å². The predicted octanol–water partition coefficient (Wildman–Crippen LogP) is 6.32. The van der Waals surface area contributed by atoms with Gasteiger partial charge in [-0.3, -0.25) is 4.79 Å². The van der Waals surface area contributed by atoms with Gasteiger partial charge in [0, 0.05) is 12.6 Å². The van der Waals surface area contributed by atoms with Crippen molar-refractivity contribution in [3.8, 4) is 11.5 Å². The van der Waals surface area contributed by atoms with E-state index in [0.717, 1.165) is 12.8 Å². The Bertz CT molecular complexity index is 569. The molecule has 0 aliphatic heterocycles. The fraction of sp³-hybridized carbons (Fsp3) is 0.625. The topological polar surface area (TPSA) is 69.6 Å². The van der Waals surface area contributed by atoms with Crippen molar-refractivity contribution in [2.24, 2.45) is 0 Å². The molecule has 0 aromatic heterocycles. The van der Waals surface area contributed by atoms with Crippen molar-refractivity contribution in [2.75, 3.05) is 6.54 Å². The van der Waals surface area contributed by atoms with E-state index in [1.54, 1.807) is 12.1 Å². The standard InChI is InChI=1S/C24H39NO3/c1-2-3-4-5-6-7-8-9-10-11-12-13-14-19-25-24(28)18-16-21-15-17-22(26)23(27)20-21/h15-18,20,26-27H,2-14,19H2,1H3,(H,25,28)/b18-16+. The smallest absolute Gasteiger partial charge is 0.243 e. The minimum atomic E-state index is -0.186. The first-order valence-corrected chi connectivity index (χ1v) is 11.1. The van der Waals surface area contributed by atoms with Crippen LogP contribution in [-0.4, -0.2) is 22.7 Å². The Morgan fingerprint density at radius 3 is 1.89 bits per heavy atom. The lowest BCUT2D eigenvalue weighted by molar-refractivity contribution is -0.116. The minimum absolute atomic E-state index is 0.133. The van der Waals surface area contributed by atoms with Crippen LogP contribution in [0.25, 0.3) is 6.08 Å². The van der Waals surface area contributed by atoms with E-state index < -0.39 is 0 Å². The first-order chi connectivity index (χ1) is 13.6. The number of rotatable bonds is 16. The SMILES string of the molecule is CCCCCCCCCCCCCCCNC(=O)/C=C/c1ccc(O)c(O)c1. The summed E-state index contributed by atoms with van der Waals surface area (Å²) in [6, 6.07) is 4.47. The molecule has 158 valence electrons. The highest BCUT2D eigenvalue weighted by atomic mass is 16.3. The zero-order valence-electron chi connectivity index (χ0n) is 17.6. The molecule has 0 saturated heterocycles. The summed E-state index contributed by atoms with van der Waals surface area (Å²) >= 11 is 0. The summed E-state index contributed by atoms with van der Waals surface area (Å²) in [4.78, 5) is 11.8. The lowest BCUT2D eigenvalue weighted by Crippen LogP contribution is -2.21. The van der Waals surface area contributed by atoms with Crippen molar-refractivity contribution >= 4 is 12.0 Å². The Balaban J connectivity index is 1.92. The Morgan fingerprint density at radius 1 is 0.821 bits per heavy atom. The van der Waals surface area contributed by atoms with Gasteiger partial charge in [0.1, 0.15) is 0 Å². The van der Waals surface area contributed by atoms with Crippen LogP contribution in [0.4, 0.5) is 0 Å². The van der Waals surface area contributed by atoms with E-state index in [4.69, 9.17) is 0 Å². The number of aromatic hydroxyl groups is 2. The molecule has 28 heavy (non-hydrogen) atoms. The monoisotopic (exact) mass is 389 g/mol. The highest BCUT2D eigenvalue weighted by molar-refractivity contribution is 5.91. The first kappa shape index (κ1) is 24.1. The summed E-state index contributed by atoms with van der Waals surface area (Å²) in [7, 11) is 0. The Hall–Kier alpha value is -1.97. The number of carbonyl (C=O) groups is 1. The predicted molar refractivity (Wildman–Crippen MR) is 118 cm³/mol. The lowest BCUT2D eigenvalue weighted by Gasteiger charge is -2.04. The van der Waals surface area contributed by atoms with Gasteiger partial charge >= 0.3 is 0 Å². The third-order valence-electron chi connectivity index (χ3n) is 5.01. The quantitative estimate of drug-likeness (QED) is 0.176. The second kappa shape index (κ2) is 16.0. The number of hydrogen-bond donors (Lipinski definition) is 3. The first-order valence-electron chi connectivity index (χ1n) is 11.1. The minimum Gasteiger partial charge on any atom is -0.504 e. The normalized spacial score (nSPS) is 11.2. The average molecular weight is 390 g/mol. The molecule has 1 aromatic carbocycles. The summed E-state index contributed by atoms with van der Waals surface area (Å²) < 4.78 is 0. The molecule has 0 heterocycles. The summed E-state index contributed by atoms with van der Waals surface area (Å²) in [6.45, 7) is 2.96. The molecule has 0 aliphatic rings. The van der Waals surface area contributed by atoms with Crippen LogP contribution < -0.4 is 5.32 Å². The summed E-state index contributed by atoms with van der Waals surface area (Å²) in [5.74, 6) is -0.481. The third kappa shape index (κ3) is 12.4. The molecule has 0 unspecified atom stereocenters. The van der Waals surface area contributed by atoms with E-state index in [-0.39, 0.29) is 17.4 Å². The number of amides is 1. The number of phenolic OH excluding ortho intramolecular Hbond substituents is 2. The van der Waals surface area contributed by atoms with E-state index in [2.05, 4.69) is 12.2 Å². The van der Waals surface area contributed by atoms with E-state index in [1.165, 1.54) is 88.8 Å². The van der Waals surface area contributed by atoms with E-state index >= 15 is 0 Å². The number of hydrogen-bond acceptors (Lipinski definition) is 3. The van der Waals surface area contributed by atoms with Crippen molar-refractivity contribution in [1.29, 1.82) is 0 Å². The molecule has 0 fully saturated rings. The zero-order valence-corrected chi connectivity index (χ0v) is 17.6. The van der Waals surface area contributed by atoms with Crippen LogP contribution >= 0.6 is 0 Å². The van der Waals surface area contributed by atoms with Gasteiger partial charge in [0.05, 0.1) is 0 Å². The van der Waals surface area contributed by atoms with Gasteiger partial charge in [0.25, 0.3) is 0 Å². The van der Waals surface area contributed by atoms with Crippen LogP contribution in [-0.2, 0) is 4.79 Å². The number of benzene rings is 1. The van der Waals surface area contributed by atoms with Gasteiger partial charge in [0.15, 0.2) is 11.5 Å². The third-order valence-corrected chi connectivity index (χ3v) is 5.01. The van der Waals surface area contributed by atoms with Crippen LogP contribution in [0.5, 0.6) is 11.5 Å². The molecule has 3 N–H and O–H groups in total. The maximum absolute atomic E-state index is 11.8. The molecule has 0 bridgehead atoms. The number of nitrogens with one attached hydrogen (secondary N) is 1. The number of unbranched alkanes of at least 4 members (excludes halogenated alkanes) is 12. The molecule has 0 spiro atoms. The fourth-order valence-electron chi connectivity index (χ4n) is 3.23. The van der Waals surface area contributed by atoms with Crippen molar-refractivity contribution in [3.05, 3.63) is 29.8 Å². The maximum Gasteiger partial charge on any atom is 0.243 e. The molecule has 0 aliphatic carbocycles. The Kier molecular flexibility index (Phi) is 13.8. The molecule has 4 nitrogen and oxygen atoms in total. The van der Waals surface area contributed by atoms with Crippen molar-refractivity contribution in [2.45, 2.75) is 90.4 Å². The van der Waals surface area contributed by atoms with E-state index in [0.29, 0.717) is 12.1 Å². The second-order valence-corrected chi connectivity index (χ2v) is 7.62. The van der Waals surface area contributed by atoms with Gasteiger partial charge in [-0.1, -0.05) is 90.0 Å². The maximum atomic E-state index is 11.8. The molecule has 0 saturated carbocycles. The molecule has 0 radical (unpaired) electrons. The largest absolute Gasteiger partial charge is 0.504 e. The summed E-state index contributed by atoms with van der Waals surface area (Å²) in [5.41, 5.74) is 0.673. The fourth-order valence-corrected chi connectivity index (χ4v) is 3.23. The van der Waals surface area contributed by atoms with Gasteiger partial charge in [-0.05, 0) is 30.2 Å². The highest BCUT2D eigenvalue weighted by Gasteiger charge is 1.99. The van der Waals surface area contributed by atoms with E-state index in [1.807, 2.05) is 0 Å². The Labute approximate surface area is 171 Å². The van der Waals surface area contributed by atoms with Gasteiger partial charge in [-0.15, -0.1) is 0 Å². The molecular formula is C24H39NO3. The molecular weight excluding hydrogens is 350 g/mol. The van der Waals surface area contributed by atoms with Gasteiger partial charge < -0.3 is 15.5 Å². The van der Waals surface area contributed by atoms with Crippen molar-refractivity contribution in [3.63, 3.8) is 0 Å². The summed E-state index contributed by atoms with van der Waals surface area (Å²) in [6.07, 6.45) is 20.2. The average Bonchev–Trinajstić information content (AvgIpc) is 2.69. The lowest BCUT2D eigenvalue weighted by atomic mass is 10.0. The van der Waals surface area contributed by atoms with Crippen LogP contribution in [0.3, 0.4) is 0 Å². The Morgan fingerprint density at radius 2 is 1.36 bits per heavy atom. The zero-order chi connectivity index (χ0) is 20.5. The molecule has 0 atom stereocenters. The van der Waals surface area contributed by atoms with Gasteiger partial charge in [-0.25, -0.2) is 0 Å². The van der Waals surface area contributed by atoms with Crippen molar-refractivity contribution < 1.29 is 15.0 Å². The number of carbonyl (C=O) groups excluding carboxylic acids is 1. The van der Waals surface area contributed by atoms with Crippen LogP contribution in [0.2, 0.25) is 0 Å².